The van der Waals surface area contributed by atoms with Crippen molar-refractivity contribution in [3.8, 4) is 5.75 Å². The number of benzene rings is 1. The molecule has 4 bridgehead atoms. The predicted molar refractivity (Wildman–Crippen MR) is 161 cm³/mol. The minimum Gasteiger partial charge on any atom is -0.483 e. The van der Waals surface area contributed by atoms with Gasteiger partial charge < -0.3 is 28.1 Å². The molecule has 0 radical (unpaired) electrons. The zero-order valence-electron chi connectivity index (χ0n) is 27.7. The lowest BCUT2D eigenvalue weighted by atomic mass is 9.66. The van der Waals surface area contributed by atoms with Gasteiger partial charge in [0.2, 0.25) is 11.2 Å². The highest BCUT2D eigenvalue weighted by Gasteiger charge is 2.78. The van der Waals surface area contributed by atoms with Crippen molar-refractivity contribution in [2.45, 2.75) is 117 Å². The van der Waals surface area contributed by atoms with Crippen molar-refractivity contribution < 1.29 is 47.3 Å². The molecule has 6 atom stereocenters. The first-order valence-electron chi connectivity index (χ1n) is 15.8. The Balaban J connectivity index is 1.37. The highest BCUT2D eigenvalue weighted by atomic mass is 16.7. The summed E-state index contributed by atoms with van der Waals surface area (Å²) in [6.07, 6.45) is 0.0452. The molecule has 0 unspecified atom stereocenters. The Morgan fingerprint density at radius 3 is 1.74 bits per heavy atom. The van der Waals surface area contributed by atoms with Gasteiger partial charge in [0.1, 0.15) is 16.9 Å². The molecule has 2 aliphatic carbocycles. The fourth-order valence-electron chi connectivity index (χ4n) is 8.67. The number of hydrogen-bond donors (Lipinski definition) is 0. The first kappa shape index (κ1) is 30.7. The summed E-state index contributed by atoms with van der Waals surface area (Å²) in [6.45, 7) is 15.9. The summed E-state index contributed by atoms with van der Waals surface area (Å²) in [5.41, 5.74) is -7.64. The SMILES string of the molecule is Cc1coc2c3c(ccc2c1=O)OC(C)(C)[C@H](OC(=O)[C@@]12CC[C@@](C)(C(=O)O1)C2(C)C)[C@@H]3OC(=O)[C@@]12CC[C@@](C)(C(=O)O1)C2(C)C. The lowest BCUT2D eigenvalue weighted by Crippen LogP contribution is -2.57. The standard InChI is InChI=1S/C35H40O11/c1-17-16-41-22-18(21(17)36)10-11-19-20(22)23(42-27(39)34-14-12-32(8,25(37)45-34)30(34,4)5)24(29(2,3)44-19)43-28(40)35-15-13-33(9,26(38)46-35)31(35,6)7/h10-11,16,23-24H,12-15H2,1-9H3/t23-,24-,32+,33+,34-,35-/m1/s1. The van der Waals surface area contributed by atoms with Crippen LogP contribution in [0.1, 0.15) is 98.3 Å². The van der Waals surface area contributed by atoms with E-state index in [1.165, 1.54) is 6.26 Å². The second-order valence-corrected chi connectivity index (χ2v) is 15.8. The van der Waals surface area contributed by atoms with Crippen LogP contribution in [-0.2, 0) is 38.1 Å². The van der Waals surface area contributed by atoms with Crippen LogP contribution in [0.2, 0.25) is 0 Å². The minimum absolute atomic E-state index is 0.109. The van der Waals surface area contributed by atoms with Gasteiger partial charge in [-0.2, -0.15) is 0 Å². The van der Waals surface area contributed by atoms with Crippen LogP contribution in [0.5, 0.6) is 5.75 Å². The van der Waals surface area contributed by atoms with Gasteiger partial charge in [-0.05, 0) is 72.4 Å². The van der Waals surface area contributed by atoms with Crippen LogP contribution >= 0.6 is 0 Å². The molecule has 4 heterocycles. The molecule has 0 spiro atoms. The van der Waals surface area contributed by atoms with Gasteiger partial charge >= 0.3 is 23.9 Å². The Bertz CT molecular complexity index is 1830. The normalized spacial score (nSPS) is 37.3. The summed E-state index contributed by atoms with van der Waals surface area (Å²) in [5, 5.41) is 0.225. The van der Waals surface area contributed by atoms with Crippen LogP contribution in [0, 0.1) is 28.6 Å². The molecule has 5 aliphatic rings. The van der Waals surface area contributed by atoms with E-state index in [0.717, 1.165) is 0 Å². The monoisotopic (exact) mass is 636 g/mol. The van der Waals surface area contributed by atoms with E-state index >= 15 is 0 Å². The third-order valence-electron chi connectivity index (χ3n) is 13.0. The van der Waals surface area contributed by atoms with Crippen molar-refractivity contribution in [2.24, 2.45) is 21.7 Å². The van der Waals surface area contributed by atoms with Crippen molar-refractivity contribution >= 4 is 34.8 Å². The fraction of sp³-hybridized carbons (Fsp3) is 0.629. The van der Waals surface area contributed by atoms with Crippen molar-refractivity contribution in [1.29, 1.82) is 0 Å². The molecule has 11 heteroatoms. The lowest BCUT2D eigenvalue weighted by molar-refractivity contribution is -0.217. The van der Waals surface area contributed by atoms with Crippen molar-refractivity contribution in [3.63, 3.8) is 0 Å². The average molecular weight is 637 g/mol. The summed E-state index contributed by atoms with van der Waals surface area (Å²) < 4.78 is 36.7. The maximum Gasteiger partial charge on any atom is 0.351 e. The van der Waals surface area contributed by atoms with Crippen LogP contribution in [0.3, 0.4) is 0 Å². The lowest BCUT2D eigenvalue weighted by Gasteiger charge is -2.45. The molecule has 7 rings (SSSR count). The van der Waals surface area contributed by atoms with Gasteiger partial charge in [0.15, 0.2) is 17.6 Å². The molecule has 0 amide bonds. The molecule has 2 aromatic rings. The molecular weight excluding hydrogens is 596 g/mol. The highest BCUT2D eigenvalue weighted by Crippen LogP contribution is 2.67. The van der Waals surface area contributed by atoms with Crippen molar-refractivity contribution in [1.82, 2.24) is 0 Å². The molecule has 3 aliphatic heterocycles. The van der Waals surface area contributed by atoms with E-state index in [4.69, 9.17) is 28.1 Å². The quantitative estimate of drug-likeness (QED) is 0.330. The predicted octanol–water partition coefficient (Wildman–Crippen LogP) is 5.01. The summed E-state index contributed by atoms with van der Waals surface area (Å²) in [5.74, 6) is -2.25. The molecule has 1 aromatic carbocycles. The van der Waals surface area contributed by atoms with Crippen LogP contribution in [0.15, 0.2) is 27.6 Å². The molecule has 2 saturated carbocycles. The average Bonchev–Trinajstić information content (AvgIpc) is 3.44. The van der Waals surface area contributed by atoms with Crippen LogP contribution in [0.25, 0.3) is 11.0 Å². The molecule has 0 N–H and O–H groups in total. The number of carbonyl (C=O) groups is 4. The van der Waals surface area contributed by atoms with E-state index < -0.39 is 74.5 Å². The molecule has 1 aromatic heterocycles. The van der Waals surface area contributed by atoms with E-state index in [-0.39, 0.29) is 40.6 Å². The Labute approximate surface area is 266 Å². The first-order valence-corrected chi connectivity index (χ1v) is 15.8. The number of aryl methyl sites for hydroxylation is 1. The van der Waals surface area contributed by atoms with Crippen LogP contribution in [-0.4, -0.2) is 46.8 Å². The maximum atomic E-state index is 14.4. The largest absolute Gasteiger partial charge is 0.483 e. The molecule has 4 fully saturated rings. The van der Waals surface area contributed by atoms with Crippen molar-refractivity contribution in [3.05, 3.63) is 39.7 Å². The van der Waals surface area contributed by atoms with Crippen LogP contribution in [0.4, 0.5) is 0 Å². The zero-order chi connectivity index (χ0) is 33.6. The van der Waals surface area contributed by atoms with E-state index in [0.29, 0.717) is 18.4 Å². The number of fused-ring (bicyclic) bond motifs is 7. The second kappa shape index (κ2) is 8.72. The number of hydrogen-bond acceptors (Lipinski definition) is 11. The number of rotatable bonds is 4. The number of esters is 4. The Morgan fingerprint density at radius 1 is 0.739 bits per heavy atom. The van der Waals surface area contributed by atoms with Crippen LogP contribution < -0.4 is 10.2 Å². The van der Waals surface area contributed by atoms with Gasteiger partial charge in [-0.1, -0.05) is 27.7 Å². The Morgan fingerprint density at radius 2 is 1.26 bits per heavy atom. The van der Waals surface area contributed by atoms with Gasteiger partial charge in [0.25, 0.3) is 0 Å². The number of carbonyl (C=O) groups excluding carboxylic acids is 4. The Hall–Kier alpha value is -3.89. The zero-order valence-corrected chi connectivity index (χ0v) is 27.7. The topological polar surface area (TPSA) is 145 Å². The number of ether oxygens (including phenoxy) is 5. The molecular formula is C35H40O11. The molecule has 11 nitrogen and oxygen atoms in total. The van der Waals surface area contributed by atoms with E-state index in [1.54, 1.807) is 46.8 Å². The van der Waals surface area contributed by atoms with E-state index in [1.807, 2.05) is 27.7 Å². The third-order valence-corrected chi connectivity index (χ3v) is 13.0. The van der Waals surface area contributed by atoms with Gasteiger partial charge in [-0.25, -0.2) is 9.59 Å². The Kier molecular flexibility index (Phi) is 5.83. The maximum absolute atomic E-state index is 14.4. The minimum atomic E-state index is -1.59. The highest BCUT2D eigenvalue weighted by molar-refractivity contribution is 5.95. The summed E-state index contributed by atoms with van der Waals surface area (Å²) in [4.78, 5) is 68.0. The summed E-state index contributed by atoms with van der Waals surface area (Å²) in [6, 6.07) is 3.18. The van der Waals surface area contributed by atoms with Crippen molar-refractivity contribution in [2.75, 3.05) is 0 Å². The van der Waals surface area contributed by atoms with Gasteiger partial charge in [0.05, 0.1) is 28.0 Å². The molecule has 2 saturated heterocycles. The third kappa shape index (κ3) is 3.26. The van der Waals surface area contributed by atoms with Gasteiger partial charge in [-0.15, -0.1) is 0 Å². The van der Waals surface area contributed by atoms with Gasteiger partial charge in [-0.3, -0.25) is 14.4 Å². The van der Waals surface area contributed by atoms with Gasteiger partial charge in [0, 0.05) is 16.4 Å². The molecule has 46 heavy (non-hydrogen) atoms. The van der Waals surface area contributed by atoms with E-state index in [9.17, 15) is 24.0 Å². The smallest absolute Gasteiger partial charge is 0.351 e. The fourth-order valence-corrected chi connectivity index (χ4v) is 8.67. The summed E-state index contributed by atoms with van der Waals surface area (Å²) in [7, 11) is 0. The summed E-state index contributed by atoms with van der Waals surface area (Å²) >= 11 is 0. The molecule has 246 valence electrons. The first-order chi connectivity index (χ1) is 21.2. The van der Waals surface area contributed by atoms with E-state index in [2.05, 4.69) is 0 Å². The second-order valence-electron chi connectivity index (χ2n) is 15.8.